The Labute approximate surface area is 139 Å². The van der Waals surface area contributed by atoms with Crippen LogP contribution in [0.1, 0.15) is 5.56 Å². The molecule has 2 aromatic heterocycles. The standard InChI is InChI=1S/C19H14ClN3/c1-13-2-5-15(6-3-13)23-12-22-18-7-4-14(10-19(18)23)16-8-9-21-11-17(16)20/h2-12H,1H3. The van der Waals surface area contributed by atoms with E-state index in [0.717, 1.165) is 27.8 Å². The van der Waals surface area contributed by atoms with Gasteiger partial charge in [-0.25, -0.2) is 4.98 Å². The molecule has 0 aliphatic heterocycles. The van der Waals surface area contributed by atoms with Crippen LogP contribution in [0.15, 0.2) is 67.3 Å². The summed E-state index contributed by atoms with van der Waals surface area (Å²) in [6, 6.07) is 16.5. The van der Waals surface area contributed by atoms with Crippen LogP contribution in [0.2, 0.25) is 5.02 Å². The number of nitrogens with zero attached hydrogens (tertiary/aromatic N) is 3. The van der Waals surface area contributed by atoms with Crippen LogP contribution < -0.4 is 0 Å². The van der Waals surface area contributed by atoms with Crippen molar-refractivity contribution in [1.82, 2.24) is 14.5 Å². The summed E-state index contributed by atoms with van der Waals surface area (Å²) in [5.74, 6) is 0. The summed E-state index contributed by atoms with van der Waals surface area (Å²) in [5, 5.41) is 0.647. The number of hydrogen-bond donors (Lipinski definition) is 0. The van der Waals surface area contributed by atoms with Crippen LogP contribution in [0.25, 0.3) is 27.8 Å². The molecule has 112 valence electrons. The third-order valence-corrected chi connectivity index (χ3v) is 4.24. The first-order chi connectivity index (χ1) is 11.2. The lowest BCUT2D eigenvalue weighted by atomic mass is 10.1. The molecule has 2 aromatic carbocycles. The second kappa shape index (κ2) is 5.52. The van der Waals surface area contributed by atoms with E-state index in [0.29, 0.717) is 5.02 Å². The number of benzene rings is 2. The second-order valence-electron chi connectivity index (χ2n) is 5.51. The first kappa shape index (κ1) is 14.0. The van der Waals surface area contributed by atoms with Crippen molar-refractivity contribution < 1.29 is 0 Å². The topological polar surface area (TPSA) is 30.7 Å². The van der Waals surface area contributed by atoms with Crippen molar-refractivity contribution >= 4 is 22.6 Å². The van der Waals surface area contributed by atoms with E-state index in [1.54, 1.807) is 12.4 Å². The Morgan fingerprint density at radius 1 is 1.00 bits per heavy atom. The second-order valence-corrected chi connectivity index (χ2v) is 5.92. The molecule has 0 radical (unpaired) electrons. The molecule has 4 heteroatoms. The Bertz CT molecular complexity index is 987. The monoisotopic (exact) mass is 319 g/mol. The van der Waals surface area contributed by atoms with Gasteiger partial charge in [0.1, 0.15) is 6.33 Å². The van der Waals surface area contributed by atoms with Gasteiger partial charge in [-0.05, 0) is 42.8 Å². The zero-order valence-corrected chi connectivity index (χ0v) is 13.3. The van der Waals surface area contributed by atoms with E-state index in [-0.39, 0.29) is 0 Å². The molecule has 0 amide bonds. The van der Waals surface area contributed by atoms with Gasteiger partial charge in [0.2, 0.25) is 0 Å². The largest absolute Gasteiger partial charge is 0.299 e. The van der Waals surface area contributed by atoms with Gasteiger partial charge in [0.15, 0.2) is 0 Å². The molecular formula is C19H14ClN3. The molecule has 0 fully saturated rings. The van der Waals surface area contributed by atoms with Crippen molar-refractivity contribution in [3.05, 3.63) is 77.8 Å². The molecule has 0 bridgehead atoms. The highest BCUT2D eigenvalue weighted by Gasteiger charge is 2.08. The van der Waals surface area contributed by atoms with Crippen molar-refractivity contribution in [3.63, 3.8) is 0 Å². The van der Waals surface area contributed by atoms with Crippen LogP contribution >= 0.6 is 11.6 Å². The first-order valence-corrected chi connectivity index (χ1v) is 7.74. The smallest absolute Gasteiger partial charge is 0.100 e. The summed E-state index contributed by atoms with van der Waals surface area (Å²) in [4.78, 5) is 8.54. The number of fused-ring (bicyclic) bond motifs is 1. The lowest BCUT2D eigenvalue weighted by Gasteiger charge is -2.07. The fourth-order valence-corrected chi connectivity index (χ4v) is 2.92. The molecule has 0 aliphatic carbocycles. The predicted molar refractivity (Wildman–Crippen MR) is 94.0 cm³/mol. The first-order valence-electron chi connectivity index (χ1n) is 7.36. The summed E-state index contributed by atoms with van der Waals surface area (Å²) < 4.78 is 2.09. The molecule has 3 nitrogen and oxygen atoms in total. The zero-order valence-electron chi connectivity index (χ0n) is 12.6. The number of pyridine rings is 1. The number of aryl methyl sites for hydroxylation is 1. The number of aromatic nitrogens is 3. The summed E-state index contributed by atoms with van der Waals surface area (Å²) in [6.07, 6.45) is 5.27. The fraction of sp³-hybridized carbons (Fsp3) is 0.0526. The maximum Gasteiger partial charge on any atom is 0.100 e. The van der Waals surface area contributed by atoms with Gasteiger partial charge < -0.3 is 0 Å². The minimum Gasteiger partial charge on any atom is -0.299 e. The van der Waals surface area contributed by atoms with Crippen LogP contribution in [-0.4, -0.2) is 14.5 Å². The molecule has 0 spiro atoms. The van der Waals surface area contributed by atoms with Gasteiger partial charge in [0.25, 0.3) is 0 Å². The van der Waals surface area contributed by atoms with E-state index < -0.39 is 0 Å². The van der Waals surface area contributed by atoms with Crippen molar-refractivity contribution in [3.8, 4) is 16.8 Å². The molecule has 0 N–H and O–H groups in total. The lowest BCUT2D eigenvalue weighted by molar-refractivity contribution is 1.09. The highest BCUT2D eigenvalue weighted by atomic mass is 35.5. The molecule has 0 unspecified atom stereocenters. The highest BCUT2D eigenvalue weighted by molar-refractivity contribution is 6.33. The lowest BCUT2D eigenvalue weighted by Crippen LogP contribution is -1.92. The average molecular weight is 320 g/mol. The molecule has 2 heterocycles. The van der Waals surface area contributed by atoms with Gasteiger partial charge in [0, 0.05) is 23.6 Å². The molecule has 4 aromatic rings. The number of hydrogen-bond acceptors (Lipinski definition) is 2. The zero-order chi connectivity index (χ0) is 15.8. The van der Waals surface area contributed by atoms with Gasteiger partial charge in [-0.15, -0.1) is 0 Å². The minimum absolute atomic E-state index is 0.647. The molecule has 0 saturated heterocycles. The van der Waals surface area contributed by atoms with Crippen LogP contribution in [0.4, 0.5) is 0 Å². The van der Waals surface area contributed by atoms with Gasteiger partial charge in [-0.1, -0.05) is 35.4 Å². The third kappa shape index (κ3) is 2.49. The summed E-state index contributed by atoms with van der Waals surface area (Å²) in [6.45, 7) is 2.08. The summed E-state index contributed by atoms with van der Waals surface area (Å²) in [7, 11) is 0. The van der Waals surface area contributed by atoms with E-state index in [2.05, 4.69) is 51.8 Å². The number of halogens is 1. The Kier molecular flexibility index (Phi) is 3.36. The third-order valence-electron chi connectivity index (χ3n) is 3.94. The maximum absolute atomic E-state index is 6.27. The van der Waals surface area contributed by atoms with E-state index in [9.17, 15) is 0 Å². The average Bonchev–Trinajstić information content (AvgIpc) is 2.99. The summed E-state index contributed by atoms with van der Waals surface area (Å²) in [5.41, 5.74) is 6.37. The molecular weight excluding hydrogens is 306 g/mol. The van der Waals surface area contributed by atoms with Crippen LogP contribution in [-0.2, 0) is 0 Å². The predicted octanol–water partition coefficient (Wildman–Crippen LogP) is 5.05. The van der Waals surface area contributed by atoms with Crippen molar-refractivity contribution in [2.75, 3.05) is 0 Å². The van der Waals surface area contributed by atoms with E-state index in [1.165, 1.54) is 5.56 Å². The molecule has 4 rings (SSSR count). The van der Waals surface area contributed by atoms with Crippen LogP contribution in [0.5, 0.6) is 0 Å². The van der Waals surface area contributed by atoms with Crippen LogP contribution in [0.3, 0.4) is 0 Å². The van der Waals surface area contributed by atoms with E-state index in [1.807, 2.05) is 24.5 Å². The Hall–Kier alpha value is -2.65. The minimum atomic E-state index is 0.647. The normalized spacial score (nSPS) is 11.0. The Morgan fingerprint density at radius 3 is 2.61 bits per heavy atom. The maximum atomic E-state index is 6.27. The molecule has 23 heavy (non-hydrogen) atoms. The van der Waals surface area contributed by atoms with Gasteiger partial charge in [-0.2, -0.15) is 0 Å². The van der Waals surface area contributed by atoms with Crippen LogP contribution in [0, 0.1) is 6.92 Å². The quantitative estimate of drug-likeness (QED) is 0.517. The molecule has 0 aliphatic rings. The Balaban J connectivity index is 1.90. The number of rotatable bonds is 2. The number of imidazole rings is 1. The fourth-order valence-electron chi connectivity index (χ4n) is 2.70. The summed E-state index contributed by atoms with van der Waals surface area (Å²) >= 11 is 6.27. The highest BCUT2D eigenvalue weighted by Crippen LogP contribution is 2.30. The van der Waals surface area contributed by atoms with Crippen molar-refractivity contribution in [1.29, 1.82) is 0 Å². The Morgan fingerprint density at radius 2 is 1.83 bits per heavy atom. The van der Waals surface area contributed by atoms with Gasteiger partial charge in [0.05, 0.1) is 16.1 Å². The molecule has 0 atom stereocenters. The van der Waals surface area contributed by atoms with Gasteiger partial charge >= 0.3 is 0 Å². The van der Waals surface area contributed by atoms with E-state index in [4.69, 9.17) is 11.6 Å². The SMILES string of the molecule is Cc1ccc(-n2cnc3ccc(-c4ccncc4Cl)cc32)cc1. The van der Waals surface area contributed by atoms with Crippen molar-refractivity contribution in [2.45, 2.75) is 6.92 Å². The van der Waals surface area contributed by atoms with Crippen molar-refractivity contribution in [2.24, 2.45) is 0 Å². The molecule has 0 saturated carbocycles. The van der Waals surface area contributed by atoms with E-state index >= 15 is 0 Å². The van der Waals surface area contributed by atoms with Gasteiger partial charge in [-0.3, -0.25) is 9.55 Å².